The number of benzene rings is 1. The molecule has 3 aliphatic rings. The molecule has 0 spiro atoms. The van der Waals surface area contributed by atoms with Crippen LogP contribution in [-0.2, 0) is 24.2 Å². The van der Waals surface area contributed by atoms with Crippen molar-refractivity contribution in [3.05, 3.63) is 67.9 Å². The summed E-state index contributed by atoms with van der Waals surface area (Å²) in [5.41, 5.74) is 2.55. The minimum absolute atomic E-state index is 0.0273. The summed E-state index contributed by atoms with van der Waals surface area (Å²) < 4.78 is 20.1. The van der Waals surface area contributed by atoms with Crippen LogP contribution in [0.4, 0.5) is 0 Å². The number of aryl methyl sites for hydroxylation is 2. The largest absolute Gasteiger partial charge is 0.487 e. The van der Waals surface area contributed by atoms with Gasteiger partial charge in [0.05, 0.1) is 5.39 Å². The molecule has 1 amide bonds. The minimum atomic E-state index is -0.388. The summed E-state index contributed by atoms with van der Waals surface area (Å²) in [6.45, 7) is 7.83. The minimum Gasteiger partial charge on any atom is -0.487 e. The molecule has 2 aromatic heterocycles. The molecule has 1 fully saturated rings. The lowest BCUT2D eigenvalue weighted by Gasteiger charge is -2.42. The number of ether oxygens (including phenoxy) is 2. The van der Waals surface area contributed by atoms with Gasteiger partial charge in [0.1, 0.15) is 22.7 Å². The highest BCUT2D eigenvalue weighted by Gasteiger charge is 2.36. The lowest BCUT2D eigenvalue weighted by Crippen LogP contribution is -2.50. The van der Waals surface area contributed by atoms with Crippen LogP contribution in [0.5, 0.6) is 11.5 Å². The Morgan fingerprint density at radius 2 is 2.00 bits per heavy atom. The van der Waals surface area contributed by atoms with Gasteiger partial charge in [-0.1, -0.05) is 19.4 Å². The highest BCUT2D eigenvalue weighted by molar-refractivity contribution is 5.92. The van der Waals surface area contributed by atoms with E-state index in [2.05, 4.69) is 6.92 Å². The SMILES string of the molecule is CCCc1cc(=O)oc2c3c(cc(OCC(=O)N4C[C@@H]5C[C@H](C4)c4cccc(=O)n4C5)c12)OC(C)(C)CC3. The molecule has 2 bridgehead atoms. The van der Waals surface area contributed by atoms with Crippen molar-refractivity contribution in [3.63, 3.8) is 0 Å². The fourth-order valence-corrected chi connectivity index (χ4v) is 6.43. The van der Waals surface area contributed by atoms with E-state index in [4.69, 9.17) is 13.9 Å². The van der Waals surface area contributed by atoms with E-state index in [1.807, 2.05) is 35.4 Å². The Balaban J connectivity index is 1.29. The molecule has 2 atom stereocenters. The summed E-state index contributed by atoms with van der Waals surface area (Å²) >= 11 is 0. The predicted molar refractivity (Wildman–Crippen MR) is 143 cm³/mol. The van der Waals surface area contributed by atoms with E-state index in [0.29, 0.717) is 43.1 Å². The Morgan fingerprint density at radius 3 is 2.82 bits per heavy atom. The molecule has 1 aromatic carbocycles. The number of rotatable bonds is 5. The van der Waals surface area contributed by atoms with E-state index in [-0.39, 0.29) is 41.1 Å². The fourth-order valence-electron chi connectivity index (χ4n) is 6.43. The zero-order chi connectivity index (χ0) is 26.6. The van der Waals surface area contributed by atoms with Crippen LogP contribution in [0.2, 0.25) is 0 Å². The van der Waals surface area contributed by atoms with Crippen molar-refractivity contribution < 1.29 is 18.7 Å². The second-order valence-corrected chi connectivity index (χ2v) is 11.5. The number of likely N-dealkylation sites (tertiary alicyclic amines) is 1. The number of aromatic nitrogens is 1. The Morgan fingerprint density at radius 1 is 1.16 bits per heavy atom. The zero-order valence-electron chi connectivity index (χ0n) is 22.2. The third-order valence-corrected chi connectivity index (χ3v) is 8.19. The van der Waals surface area contributed by atoms with E-state index >= 15 is 0 Å². The molecule has 0 saturated carbocycles. The lowest BCUT2D eigenvalue weighted by atomic mass is 9.83. The first-order valence-electron chi connectivity index (χ1n) is 13.6. The quantitative estimate of drug-likeness (QED) is 0.474. The summed E-state index contributed by atoms with van der Waals surface area (Å²) in [6, 6.07) is 8.79. The third kappa shape index (κ3) is 4.40. The van der Waals surface area contributed by atoms with Crippen LogP contribution in [0.3, 0.4) is 0 Å². The standard InChI is InChI=1S/C30H34N2O6/c1-4-6-19-12-27(35)37-29-21-9-10-30(2,3)38-23(21)13-24(28(19)29)36-17-26(34)31-14-18-11-20(16-31)22-7-5-8-25(33)32(22)15-18/h5,7-8,12-13,18,20H,4,6,9-11,14-17H2,1-3H3/t18-,20+/m0/s1. The van der Waals surface area contributed by atoms with Crippen LogP contribution >= 0.6 is 0 Å². The number of carbonyl (C=O) groups excluding carboxylic acids is 1. The molecule has 5 heterocycles. The first-order valence-corrected chi connectivity index (χ1v) is 13.6. The molecule has 8 heteroatoms. The summed E-state index contributed by atoms with van der Waals surface area (Å²) in [4.78, 5) is 40.1. The number of hydrogen-bond acceptors (Lipinski definition) is 6. The number of nitrogens with zero attached hydrogens (tertiary/aromatic N) is 2. The van der Waals surface area contributed by atoms with Crippen LogP contribution in [0.25, 0.3) is 11.0 Å². The van der Waals surface area contributed by atoms with Crippen molar-refractivity contribution in [1.29, 1.82) is 0 Å². The van der Waals surface area contributed by atoms with Crippen molar-refractivity contribution in [2.45, 2.75) is 70.9 Å². The second kappa shape index (κ2) is 9.33. The van der Waals surface area contributed by atoms with Gasteiger partial charge in [-0.2, -0.15) is 0 Å². The molecule has 200 valence electrons. The van der Waals surface area contributed by atoms with Gasteiger partial charge in [-0.05, 0) is 57.1 Å². The Hall–Kier alpha value is -3.55. The second-order valence-electron chi connectivity index (χ2n) is 11.5. The average Bonchev–Trinajstić information content (AvgIpc) is 2.87. The van der Waals surface area contributed by atoms with Crippen LogP contribution in [-0.4, -0.2) is 40.7 Å². The van der Waals surface area contributed by atoms with E-state index < -0.39 is 0 Å². The van der Waals surface area contributed by atoms with Crippen molar-refractivity contribution in [3.8, 4) is 11.5 Å². The van der Waals surface area contributed by atoms with Gasteiger partial charge >= 0.3 is 5.63 Å². The smallest absolute Gasteiger partial charge is 0.336 e. The summed E-state index contributed by atoms with van der Waals surface area (Å²) in [7, 11) is 0. The van der Waals surface area contributed by atoms with Gasteiger partial charge in [0.15, 0.2) is 6.61 Å². The number of piperidine rings is 1. The Bertz CT molecular complexity index is 1530. The Kier molecular flexibility index (Phi) is 6.08. The Labute approximate surface area is 221 Å². The summed E-state index contributed by atoms with van der Waals surface area (Å²) in [5.74, 6) is 1.45. The molecule has 3 aromatic rings. The van der Waals surface area contributed by atoms with Crippen molar-refractivity contribution >= 4 is 16.9 Å². The van der Waals surface area contributed by atoms with Crippen molar-refractivity contribution in [1.82, 2.24) is 9.47 Å². The van der Waals surface area contributed by atoms with Gasteiger partial charge in [-0.15, -0.1) is 0 Å². The zero-order valence-corrected chi connectivity index (χ0v) is 22.2. The molecule has 0 aliphatic carbocycles. The highest BCUT2D eigenvalue weighted by Crippen LogP contribution is 2.43. The summed E-state index contributed by atoms with van der Waals surface area (Å²) in [6.07, 6.45) is 4.08. The number of fused-ring (bicyclic) bond motifs is 7. The molecule has 6 rings (SSSR count). The molecular formula is C30H34N2O6. The van der Waals surface area contributed by atoms with E-state index in [0.717, 1.165) is 47.9 Å². The number of hydrogen-bond donors (Lipinski definition) is 0. The first kappa shape index (κ1) is 24.8. The molecule has 0 radical (unpaired) electrons. The maximum atomic E-state index is 13.4. The van der Waals surface area contributed by atoms with E-state index in [9.17, 15) is 14.4 Å². The van der Waals surface area contributed by atoms with Crippen molar-refractivity contribution in [2.24, 2.45) is 5.92 Å². The van der Waals surface area contributed by atoms with E-state index in [1.54, 1.807) is 12.1 Å². The van der Waals surface area contributed by atoms with Crippen LogP contribution < -0.4 is 20.7 Å². The number of amides is 1. The van der Waals surface area contributed by atoms with Gasteiger partial charge in [-0.25, -0.2) is 4.79 Å². The van der Waals surface area contributed by atoms with Gasteiger partial charge < -0.3 is 23.4 Å². The van der Waals surface area contributed by atoms with Crippen LogP contribution in [0.15, 0.2) is 44.3 Å². The topological polar surface area (TPSA) is 91.0 Å². The molecule has 1 saturated heterocycles. The maximum absolute atomic E-state index is 13.4. The fraction of sp³-hybridized carbons (Fsp3) is 0.500. The molecule has 8 nitrogen and oxygen atoms in total. The molecule has 3 aliphatic heterocycles. The molecular weight excluding hydrogens is 484 g/mol. The number of carbonyl (C=O) groups is 1. The van der Waals surface area contributed by atoms with Gasteiger partial charge in [0.2, 0.25) is 0 Å². The van der Waals surface area contributed by atoms with E-state index in [1.165, 1.54) is 6.07 Å². The molecule has 0 unspecified atom stereocenters. The third-order valence-electron chi connectivity index (χ3n) is 8.19. The number of pyridine rings is 1. The van der Waals surface area contributed by atoms with Gasteiger partial charge in [0, 0.05) is 55.0 Å². The monoisotopic (exact) mass is 518 g/mol. The maximum Gasteiger partial charge on any atom is 0.336 e. The van der Waals surface area contributed by atoms with Gasteiger partial charge in [-0.3, -0.25) is 9.59 Å². The van der Waals surface area contributed by atoms with Gasteiger partial charge in [0.25, 0.3) is 11.5 Å². The average molecular weight is 519 g/mol. The van der Waals surface area contributed by atoms with Crippen LogP contribution in [0.1, 0.15) is 62.8 Å². The lowest BCUT2D eigenvalue weighted by molar-refractivity contribution is -0.136. The predicted octanol–water partition coefficient (Wildman–Crippen LogP) is 4.04. The van der Waals surface area contributed by atoms with Crippen LogP contribution in [0, 0.1) is 5.92 Å². The normalized spacial score (nSPS) is 21.4. The highest BCUT2D eigenvalue weighted by atomic mass is 16.5. The molecule has 38 heavy (non-hydrogen) atoms. The molecule has 0 N–H and O–H groups in total. The summed E-state index contributed by atoms with van der Waals surface area (Å²) in [5, 5.41) is 0.755. The van der Waals surface area contributed by atoms with Crippen molar-refractivity contribution in [2.75, 3.05) is 19.7 Å². The first-order chi connectivity index (χ1) is 18.2.